The smallest absolute Gasteiger partial charge is 0.336 e. The number of rotatable bonds is 4. The first-order chi connectivity index (χ1) is 12.5. The molecule has 140 valence electrons. The van der Waals surface area contributed by atoms with Gasteiger partial charge in [-0.05, 0) is 62.0 Å². The maximum Gasteiger partial charge on any atom is 0.336 e. The number of sulfonamides is 1. The SMILES string of the molecule is CO[C@H]1C[C@@H]2CNC[C@@H]2C[C@@H]1NS(=O)(=O)c1ccc2oc(=O)ccc2c1. The Morgan fingerprint density at radius 3 is 2.69 bits per heavy atom. The van der Waals surface area contributed by atoms with Crippen molar-refractivity contribution in [2.75, 3.05) is 20.2 Å². The lowest BCUT2D eigenvalue weighted by molar-refractivity contribution is 0.0194. The van der Waals surface area contributed by atoms with E-state index in [0.29, 0.717) is 22.8 Å². The molecule has 0 spiro atoms. The van der Waals surface area contributed by atoms with Gasteiger partial charge in [-0.1, -0.05) is 0 Å². The number of fused-ring (bicyclic) bond motifs is 2. The lowest BCUT2D eigenvalue weighted by Gasteiger charge is -2.37. The van der Waals surface area contributed by atoms with Crippen LogP contribution < -0.4 is 15.7 Å². The molecule has 1 aromatic heterocycles. The first kappa shape index (κ1) is 17.7. The maximum absolute atomic E-state index is 12.9. The van der Waals surface area contributed by atoms with Gasteiger partial charge in [0.15, 0.2) is 0 Å². The molecule has 7 nitrogen and oxygen atoms in total. The van der Waals surface area contributed by atoms with Gasteiger partial charge < -0.3 is 14.5 Å². The quantitative estimate of drug-likeness (QED) is 0.773. The van der Waals surface area contributed by atoms with Gasteiger partial charge in [-0.2, -0.15) is 0 Å². The zero-order valence-corrected chi connectivity index (χ0v) is 15.3. The summed E-state index contributed by atoms with van der Waals surface area (Å²) in [5, 5.41) is 3.95. The molecule has 4 atom stereocenters. The molecule has 4 rings (SSSR count). The lowest BCUT2D eigenvalue weighted by Crippen LogP contribution is -2.50. The fourth-order valence-electron chi connectivity index (χ4n) is 4.15. The molecule has 2 fully saturated rings. The molecule has 1 aliphatic carbocycles. The minimum atomic E-state index is -3.70. The molecule has 0 radical (unpaired) electrons. The molecule has 1 saturated heterocycles. The van der Waals surface area contributed by atoms with Gasteiger partial charge in [0.05, 0.1) is 11.0 Å². The standard InChI is InChI=1S/C18H22N2O5S/c1-24-17-8-13-10-19-9-12(13)7-15(17)20-26(22,23)14-3-4-16-11(6-14)2-5-18(21)25-16/h2-6,12-13,15,17,19-20H,7-10H2,1H3/t12-,13+,15-,17-/m0/s1. The maximum atomic E-state index is 12.9. The second-order valence-electron chi connectivity index (χ2n) is 7.11. The van der Waals surface area contributed by atoms with E-state index in [9.17, 15) is 13.2 Å². The van der Waals surface area contributed by atoms with Crippen LogP contribution in [-0.2, 0) is 14.8 Å². The van der Waals surface area contributed by atoms with Crippen molar-refractivity contribution in [1.29, 1.82) is 0 Å². The summed E-state index contributed by atoms with van der Waals surface area (Å²) in [6.07, 6.45) is 1.48. The first-order valence-electron chi connectivity index (χ1n) is 8.76. The molecule has 1 aromatic carbocycles. The number of ether oxygens (including phenoxy) is 1. The van der Waals surface area contributed by atoms with E-state index in [0.717, 1.165) is 25.9 Å². The van der Waals surface area contributed by atoms with Crippen LogP contribution in [0.1, 0.15) is 12.8 Å². The summed E-state index contributed by atoms with van der Waals surface area (Å²) in [4.78, 5) is 11.4. The molecule has 8 heteroatoms. The van der Waals surface area contributed by atoms with Gasteiger partial charge in [0, 0.05) is 24.6 Å². The van der Waals surface area contributed by atoms with Crippen molar-refractivity contribution >= 4 is 21.0 Å². The molecule has 0 bridgehead atoms. The second-order valence-corrected chi connectivity index (χ2v) is 8.82. The van der Waals surface area contributed by atoms with E-state index in [2.05, 4.69) is 10.0 Å². The van der Waals surface area contributed by atoms with Crippen LogP contribution in [0.4, 0.5) is 0 Å². The number of hydrogen-bond donors (Lipinski definition) is 2. The molecule has 2 aromatic rings. The summed E-state index contributed by atoms with van der Waals surface area (Å²) in [7, 11) is -2.07. The molecule has 0 unspecified atom stereocenters. The zero-order valence-electron chi connectivity index (χ0n) is 14.5. The summed E-state index contributed by atoms with van der Waals surface area (Å²) >= 11 is 0. The van der Waals surface area contributed by atoms with E-state index in [1.807, 2.05) is 0 Å². The topological polar surface area (TPSA) is 97.6 Å². The van der Waals surface area contributed by atoms with Crippen LogP contribution in [0.2, 0.25) is 0 Å². The Morgan fingerprint density at radius 2 is 1.92 bits per heavy atom. The molecule has 0 amide bonds. The zero-order chi connectivity index (χ0) is 18.3. The van der Waals surface area contributed by atoms with E-state index >= 15 is 0 Å². The highest BCUT2D eigenvalue weighted by Gasteiger charge is 2.41. The van der Waals surface area contributed by atoms with Crippen molar-refractivity contribution in [2.45, 2.75) is 29.9 Å². The molecule has 26 heavy (non-hydrogen) atoms. The molecule has 1 aliphatic heterocycles. The van der Waals surface area contributed by atoms with Crippen LogP contribution in [0, 0.1) is 11.8 Å². The first-order valence-corrected chi connectivity index (χ1v) is 10.2. The van der Waals surface area contributed by atoms with Gasteiger partial charge in [-0.25, -0.2) is 17.9 Å². The average Bonchev–Trinajstić information content (AvgIpc) is 3.07. The van der Waals surface area contributed by atoms with Gasteiger partial charge in [0.1, 0.15) is 5.58 Å². The predicted molar refractivity (Wildman–Crippen MR) is 96.5 cm³/mol. The molecular weight excluding hydrogens is 356 g/mol. The summed E-state index contributed by atoms with van der Waals surface area (Å²) < 4.78 is 39.2. The second kappa shape index (κ2) is 6.77. The third-order valence-corrected chi connectivity index (χ3v) is 7.02. The number of hydrogen-bond acceptors (Lipinski definition) is 6. The largest absolute Gasteiger partial charge is 0.423 e. The van der Waals surface area contributed by atoms with E-state index in [1.54, 1.807) is 13.2 Å². The lowest BCUT2D eigenvalue weighted by atomic mass is 9.78. The van der Waals surface area contributed by atoms with Crippen molar-refractivity contribution in [3.8, 4) is 0 Å². The minimum Gasteiger partial charge on any atom is -0.423 e. The van der Waals surface area contributed by atoms with Gasteiger partial charge >= 0.3 is 5.63 Å². The van der Waals surface area contributed by atoms with Crippen LogP contribution in [0.3, 0.4) is 0 Å². The monoisotopic (exact) mass is 378 g/mol. The van der Waals surface area contributed by atoms with Gasteiger partial charge in [-0.3, -0.25) is 0 Å². The van der Waals surface area contributed by atoms with E-state index in [-0.39, 0.29) is 17.0 Å². The van der Waals surface area contributed by atoms with E-state index in [1.165, 1.54) is 24.3 Å². The van der Waals surface area contributed by atoms with Crippen LogP contribution in [-0.4, -0.2) is 40.8 Å². The summed E-state index contributed by atoms with van der Waals surface area (Å²) in [6, 6.07) is 7.07. The van der Waals surface area contributed by atoms with Gasteiger partial charge in [0.25, 0.3) is 0 Å². The highest BCUT2D eigenvalue weighted by Crippen LogP contribution is 2.34. The molecular formula is C18H22N2O5S. The van der Waals surface area contributed by atoms with E-state index < -0.39 is 15.6 Å². The molecule has 1 saturated carbocycles. The van der Waals surface area contributed by atoms with Gasteiger partial charge in [-0.15, -0.1) is 0 Å². The number of nitrogens with one attached hydrogen (secondary N) is 2. The van der Waals surface area contributed by atoms with Crippen LogP contribution in [0.25, 0.3) is 11.0 Å². The third-order valence-electron chi connectivity index (χ3n) is 5.53. The van der Waals surface area contributed by atoms with Crippen molar-refractivity contribution < 1.29 is 17.6 Å². The van der Waals surface area contributed by atoms with Crippen LogP contribution in [0.15, 0.2) is 44.4 Å². The molecule has 2 N–H and O–H groups in total. The van der Waals surface area contributed by atoms with Crippen molar-refractivity contribution in [2.24, 2.45) is 11.8 Å². The third kappa shape index (κ3) is 3.29. The van der Waals surface area contributed by atoms with Crippen LogP contribution >= 0.6 is 0 Å². The highest BCUT2D eigenvalue weighted by molar-refractivity contribution is 7.89. The number of benzene rings is 1. The molecule has 2 aliphatic rings. The Balaban J connectivity index is 1.60. The van der Waals surface area contributed by atoms with Crippen molar-refractivity contribution in [3.05, 3.63) is 40.8 Å². The summed E-state index contributed by atoms with van der Waals surface area (Å²) in [5.41, 5.74) is -0.0974. The van der Waals surface area contributed by atoms with Crippen molar-refractivity contribution in [3.63, 3.8) is 0 Å². The van der Waals surface area contributed by atoms with E-state index in [4.69, 9.17) is 9.15 Å². The fraction of sp³-hybridized carbons (Fsp3) is 0.500. The fourth-order valence-corrected chi connectivity index (χ4v) is 5.46. The Bertz CT molecular complexity index is 971. The highest BCUT2D eigenvalue weighted by atomic mass is 32.2. The Kier molecular flexibility index (Phi) is 4.60. The van der Waals surface area contributed by atoms with Crippen LogP contribution in [0.5, 0.6) is 0 Å². The Hall–Kier alpha value is -1.74. The predicted octanol–water partition coefficient (Wildman–Crippen LogP) is 1.08. The summed E-state index contributed by atoms with van der Waals surface area (Å²) in [5.74, 6) is 1.02. The Labute approximate surface area is 151 Å². The average molecular weight is 378 g/mol. The van der Waals surface area contributed by atoms with Crippen molar-refractivity contribution in [1.82, 2.24) is 10.0 Å². The van der Waals surface area contributed by atoms with Gasteiger partial charge in [0.2, 0.25) is 10.0 Å². The normalized spacial score (nSPS) is 29.0. The number of methoxy groups -OCH3 is 1. The Morgan fingerprint density at radius 1 is 1.15 bits per heavy atom. The minimum absolute atomic E-state index is 0.135. The molecule has 2 heterocycles. The summed E-state index contributed by atoms with van der Waals surface area (Å²) in [6.45, 7) is 1.90.